The van der Waals surface area contributed by atoms with Crippen molar-refractivity contribution in [2.45, 2.75) is 19.8 Å². The lowest BCUT2D eigenvalue weighted by Crippen LogP contribution is -1.97. The fraction of sp³-hybridized carbons (Fsp3) is 0.231. The molecule has 0 amide bonds. The molecule has 2 rings (SSSR count). The van der Waals surface area contributed by atoms with Gasteiger partial charge >= 0.3 is 5.97 Å². The SMILES string of the molecule is Cc1ccc(-c2nc(CCC(=O)O)cs2)c(Br)c1. The van der Waals surface area contributed by atoms with E-state index in [-0.39, 0.29) is 6.42 Å². The number of nitrogens with zero attached hydrogens (tertiary/aromatic N) is 1. The first kappa shape index (κ1) is 13.2. The standard InChI is InChI=1S/C13H12BrNO2S/c1-8-2-4-10(11(14)6-8)13-15-9(7-18-13)3-5-12(16)17/h2,4,6-7H,3,5H2,1H3,(H,16,17). The molecule has 0 radical (unpaired) electrons. The normalized spacial score (nSPS) is 10.6. The maximum absolute atomic E-state index is 10.5. The molecule has 0 aliphatic carbocycles. The molecule has 1 heterocycles. The molecule has 1 aromatic heterocycles. The highest BCUT2D eigenvalue weighted by Crippen LogP contribution is 2.31. The van der Waals surface area contributed by atoms with Crippen molar-refractivity contribution in [3.63, 3.8) is 0 Å². The predicted octanol–water partition coefficient (Wildman–Crippen LogP) is 3.90. The summed E-state index contributed by atoms with van der Waals surface area (Å²) in [6.45, 7) is 2.04. The van der Waals surface area contributed by atoms with Crippen molar-refractivity contribution in [3.05, 3.63) is 39.3 Å². The van der Waals surface area contributed by atoms with E-state index in [9.17, 15) is 4.79 Å². The molecule has 0 aliphatic rings. The molecular weight excluding hydrogens is 314 g/mol. The van der Waals surface area contributed by atoms with Crippen LogP contribution >= 0.6 is 27.3 Å². The Labute approximate surface area is 118 Å². The molecule has 0 bridgehead atoms. The van der Waals surface area contributed by atoms with Gasteiger partial charge in [0.1, 0.15) is 5.01 Å². The molecule has 0 aliphatic heterocycles. The number of carboxylic acids is 1. The van der Waals surface area contributed by atoms with E-state index >= 15 is 0 Å². The molecule has 0 spiro atoms. The first-order valence-electron chi connectivity index (χ1n) is 5.49. The Balaban J connectivity index is 2.21. The van der Waals surface area contributed by atoms with Crippen LogP contribution in [0.5, 0.6) is 0 Å². The summed E-state index contributed by atoms with van der Waals surface area (Å²) >= 11 is 5.07. The minimum atomic E-state index is -0.791. The fourth-order valence-electron chi connectivity index (χ4n) is 1.57. The average molecular weight is 326 g/mol. The van der Waals surface area contributed by atoms with E-state index < -0.39 is 5.97 Å². The highest BCUT2D eigenvalue weighted by molar-refractivity contribution is 9.10. The number of carbonyl (C=O) groups is 1. The largest absolute Gasteiger partial charge is 0.481 e. The second-order valence-corrected chi connectivity index (χ2v) is 5.73. The molecular formula is C13H12BrNO2S. The first-order chi connectivity index (χ1) is 8.56. The minimum Gasteiger partial charge on any atom is -0.481 e. The van der Waals surface area contributed by atoms with Gasteiger partial charge in [-0.05, 0) is 18.6 Å². The van der Waals surface area contributed by atoms with Gasteiger partial charge in [-0.25, -0.2) is 4.98 Å². The molecule has 3 nitrogen and oxygen atoms in total. The Kier molecular flexibility index (Phi) is 4.14. The first-order valence-corrected chi connectivity index (χ1v) is 7.16. The Morgan fingerprint density at radius 3 is 2.94 bits per heavy atom. The lowest BCUT2D eigenvalue weighted by atomic mass is 10.1. The number of aliphatic carboxylic acids is 1. The van der Waals surface area contributed by atoms with Crippen molar-refractivity contribution >= 4 is 33.2 Å². The van der Waals surface area contributed by atoms with E-state index in [1.165, 1.54) is 5.56 Å². The van der Waals surface area contributed by atoms with Crippen molar-refractivity contribution in [2.75, 3.05) is 0 Å². The summed E-state index contributed by atoms with van der Waals surface area (Å²) in [5.74, 6) is -0.791. The predicted molar refractivity (Wildman–Crippen MR) is 75.9 cm³/mol. The number of aryl methyl sites for hydroxylation is 2. The molecule has 0 saturated heterocycles. The fourth-order valence-corrected chi connectivity index (χ4v) is 3.28. The summed E-state index contributed by atoms with van der Waals surface area (Å²) in [7, 11) is 0. The minimum absolute atomic E-state index is 0.123. The van der Waals surface area contributed by atoms with Gasteiger partial charge in [-0.15, -0.1) is 11.3 Å². The smallest absolute Gasteiger partial charge is 0.303 e. The Hall–Kier alpha value is -1.20. The van der Waals surface area contributed by atoms with Gasteiger partial charge < -0.3 is 5.11 Å². The van der Waals surface area contributed by atoms with Gasteiger partial charge in [-0.2, -0.15) is 0 Å². The Bertz CT molecular complexity index is 580. The maximum Gasteiger partial charge on any atom is 0.303 e. The monoisotopic (exact) mass is 325 g/mol. The quantitative estimate of drug-likeness (QED) is 0.927. The van der Waals surface area contributed by atoms with E-state index in [1.54, 1.807) is 11.3 Å². The number of halogens is 1. The van der Waals surface area contributed by atoms with Crippen LogP contribution < -0.4 is 0 Å². The summed E-state index contributed by atoms with van der Waals surface area (Å²) in [5.41, 5.74) is 3.07. The van der Waals surface area contributed by atoms with Crippen molar-refractivity contribution in [2.24, 2.45) is 0 Å². The van der Waals surface area contributed by atoms with E-state index in [2.05, 4.69) is 20.9 Å². The van der Waals surface area contributed by atoms with Gasteiger partial charge in [0.05, 0.1) is 12.1 Å². The number of hydrogen-bond acceptors (Lipinski definition) is 3. The van der Waals surface area contributed by atoms with E-state index in [4.69, 9.17) is 5.11 Å². The second kappa shape index (κ2) is 5.63. The molecule has 2 aromatic rings. The van der Waals surface area contributed by atoms with Crippen molar-refractivity contribution in [1.29, 1.82) is 0 Å². The summed E-state index contributed by atoms with van der Waals surface area (Å²) in [6, 6.07) is 6.12. The molecule has 1 N–H and O–H groups in total. The van der Waals surface area contributed by atoms with Gasteiger partial charge in [0, 0.05) is 21.8 Å². The van der Waals surface area contributed by atoms with E-state index in [1.807, 2.05) is 30.5 Å². The summed E-state index contributed by atoms with van der Waals surface area (Å²) in [4.78, 5) is 15.0. The van der Waals surface area contributed by atoms with Crippen molar-refractivity contribution < 1.29 is 9.90 Å². The van der Waals surface area contributed by atoms with Crippen molar-refractivity contribution in [3.8, 4) is 10.6 Å². The number of aromatic nitrogens is 1. The summed E-state index contributed by atoms with van der Waals surface area (Å²) in [5, 5.41) is 11.5. The summed E-state index contributed by atoms with van der Waals surface area (Å²) < 4.78 is 1.02. The lowest BCUT2D eigenvalue weighted by Gasteiger charge is -2.01. The van der Waals surface area contributed by atoms with Gasteiger partial charge in [-0.3, -0.25) is 4.79 Å². The average Bonchev–Trinajstić information content (AvgIpc) is 2.75. The van der Waals surface area contributed by atoms with Crippen LogP contribution in [0.4, 0.5) is 0 Å². The van der Waals surface area contributed by atoms with Crippen LogP contribution in [-0.2, 0) is 11.2 Å². The summed E-state index contributed by atoms with van der Waals surface area (Å²) in [6.07, 6.45) is 0.605. The molecule has 5 heteroatoms. The van der Waals surface area contributed by atoms with Crippen LogP contribution in [-0.4, -0.2) is 16.1 Å². The van der Waals surface area contributed by atoms with Gasteiger partial charge in [0.25, 0.3) is 0 Å². The van der Waals surface area contributed by atoms with Crippen LogP contribution in [0.1, 0.15) is 17.7 Å². The zero-order valence-corrected chi connectivity index (χ0v) is 12.2. The molecule has 0 fully saturated rings. The van der Waals surface area contributed by atoms with Gasteiger partial charge in [0.15, 0.2) is 0 Å². The number of hydrogen-bond donors (Lipinski definition) is 1. The number of benzene rings is 1. The zero-order valence-electron chi connectivity index (χ0n) is 9.81. The highest BCUT2D eigenvalue weighted by Gasteiger charge is 2.09. The van der Waals surface area contributed by atoms with E-state index in [0.29, 0.717) is 6.42 Å². The highest BCUT2D eigenvalue weighted by atomic mass is 79.9. The van der Waals surface area contributed by atoms with Gasteiger partial charge in [-0.1, -0.05) is 28.1 Å². The maximum atomic E-state index is 10.5. The molecule has 18 heavy (non-hydrogen) atoms. The number of carboxylic acid groups (broad SMARTS) is 1. The third-order valence-corrected chi connectivity index (χ3v) is 4.08. The molecule has 1 aromatic carbocycles. The third-order valence-electron chi connectivity index (χ3n) is 2.50. The molecule has 0 unspecified atom stereocenters. The van der Waals surface area contributed by atoms with Crippen LogP contribution in [0.15, 0.2) is 28.1 Å². The molecule has 0 saturated carbocycles. The third kappa shape index (κ3) is 3.17. The van der Waals surface area contributed by atoms with Crippen LogP contribution in [0.25, 0.3) is 10.6 Å². The second-order valence-electron chi connectivity index (χ2n) is 4.02. The topological polar surface area (TPSA) is 50.2 Å². The lowest BCUT2D eigenvalue weighted by molar-refractivity contribution is -0.136. The van der Waals surface area contributed by atoms with Crippen LogP contribution in [0.2, 0.25) is 0 Å². The van der Waals surface area contributed by atoms with Crippen LogP contribution in [0.3, 0.4) is 0 Å². The van der Waals surface area contributed by atoms with E-state index in [0.717, 1.165) is 20.7 Å². The Morgan fingerprint density at radius 1 is 1.50 bits per heavy atom. The van der Waals surface area contributed by atoms with Crippen LogP contribution in [0, 0.1) is 6.92 Å². The van der Waals surface area contributed by atoms with Crippen molar-refractivity contribution in [1.82, 2.24) is 4.98 Å². The van der Waals surface area contributed by atoms with Gasteiger partial charge in [0.2, 0.25) is 0 Å². The Morgan fingerprint density at radius 2 is 2.28 bits per heavy atom. The zero-order chi connectivity index (χ0) is 13.1. The number of rotatable bonds is 4. The molecule has 0 atom stereocenters. The number of thiazole rings is 1. The molecule has 94 valence electrons.